The van der Waals surface area contributed by atoms with Crippen LogP contribution in [0, 0.1) is 0 Å². The first-order valence-electron chi connectivity index (χ1n) is 7.87. The van der Waals surface area contributed by atoms with Gasteiger partial charge in [-0.25, -0.2) is 0 Å². The minimum atomic E-state index is -4.14. The van der Waals surface area contributed by atoms with E-state index in [9.17, 15) is 4.57 Å². The molecule has 2 aromatic rings. The van der Waals surface area contributed by atoms with E-state index in [1.807, 2.05) is 42.5 Å². The number of benzene rings is 2. The van der Waals surface area contributed by atoms with Gasteiger partial charge in [0, 0.05) is 0 Å². The Bertz CT molecular complexity index is 816. The summed E-state index contributed by atoms with van der Waals surface area (Å²) in [7, 11) is -4.14. The average molecular weight is 358 g/mol. The largest absolute Gasteiger partial charge is 0.339 e. The Morgan fingerprint density at radius 1 is 1.04 bits per heavy atom. The molecular weight excluding hydrogens is 339 g/mol. The Morgan fingerprint density at radius 2 is 1.72 bits per heavy atom. The van der Waals surface area contributed by atoms with Gasteiger partial charge >= 0.3 is 7.60 Å². The predicted octanol–water partition coefficient (Wildman–Crippen LogP) is 2.81. The van der Waals surface area contributed by atoms with E-state index in [1.54, 1.807) is 0 Å². The minimum absolute atomic E-state index is 0.315. The lowest BCUT2D eigenvalue weighted by molar-refractivity contribution is 0.366. The van der Waals surface area contributed by atoms with E-state index in [0.29, 0.717) is 18.7 Å². The summed E-state index contributed by atoms with van der Waals surface area (Å²) in [5, 5.41) is 14.3. The summed E-state index contributed by atoms with van der Waals surface area (Å²) in [5.74, 6) is 0. The Labute approximate surface area is 145 Å². The van der Waals surface area contributed by atoms with Gasteiger partial charge in [-0.1, -0.05) is 54.6 Å². The van der Waals surface area contributed by atoms with E-state index in [1.165, 1.54) is 0 Å². The van der Waals surface area contributed by atoms with Crippen LogP contribution in [0.1, 0.15) is 5.56 Å². The molecule has 0 saturated carbocycles. The Kier molecular flexibility index (Phi) is 5.50. The Balaban J connectivity index is 1.71. The van der Waals surface area contributed by atoms with E-state index in [0.717, 1.165) is 16.7 Å². The fourth-order valence-corrected chi connectivity index (χ4v) is 3.10. The van der Waals surface area contributed by atoms with E-state index in [-0.39, 0.29) is 6.04 Å². The topological polar surface area (TPSA) is 107 Å². The van der Waals surface area contributed by atoms with Crippen molar-refractivity contribution in [3.8, 4) is 11.1 Å². The van der Waals surface area contributed by atoms with Gasteiger partial charge in [0.15, 0.2) is 0 Å². The fraction of sp³-hybridized carbons (Fsp3) is 0.235. The molecule has 0 aromatic heterocycles. The third kappa shape index (κ3) is 5.14. The monoisotopic (exact) mass is 358 g/mol. The van der Waals surface area contributed by atoms with Gasteiger partial charge in [0.2, 0.25) is 0 Å². The van der Waals surface area contributed by atoms with Gasteiger partial charge < -0.3 is 9.79 Å². The molecule has 0 spiro atoms. The molecule has 0 bridgehead atoms. The molecule has 0 amide bonds. The molecule has 25 heavy (non-hydrogen) atoms. The van der Waals surface area contributed by atoms with Crippen molar-refractivity contribution in [3.05, 3.63) is 60.2 Å². The molecule has 0 fully saturated rings. The van der Waals surface area contributed by atoms with Crippen LogP contribution in [-0.4, -0.2) is 34.4 Å². The molecule has 3 N–H and O–H groups in total. The average Bonchev–Trinajstić information content (AvgIpc) is 3.14. The van der Waals surface area contributed by atoms with Gasteiger partial charge in [0.05, 0.1) is 18.0 Å². The molecule has 1 heterocycles. The van der Waals surface area contributed by atoms with Crippen molar-refractivity contribution in [1.29, 1.82) is 0 Å². The van der Waals surface area contributed by atoms with Crippen molar-refractivity contribution < 1.29 is 14.4 Å². The van der Waals surface area contributed by atoms with Crippen LogP contribution < -0.4 is 5.32 Å². The van der Waals surface area contributed by atoms with Crippen molar-refractivity contribution in [2.24, 2.45) is 15.4 Å². The molecule has 8 heteroatoms. The lowest BCUT2D eigenvalue weighted by Gasteiger charge is -2.18. The summed E-state index contributed by atoms with van der Waals surface area (Å²) in [6.45, 7) is 0.348. The van der Waals surface area contributed by atoms with Crippen LogP contribution in [0.4, 0.5) is 0 Å². The molecule has 7 nitrogen and oxygen atoms in total. The van der Waals surface area contributed by atoms with Crippen molar-refractivity contribution in [1.82, 2.24) is 5.32 Å². The van der Waals surface area contributed by atoms with Gasteiger partial charge in [-0.2, -0.15) is 5.11 Å². The standard InChI is InChI=1S/C17H19N4O3P/c22-25(23,24)12-18-16(17-11-19-21-20-17)10-13-6-8-15(9-7-13)14-4-2-1-3-5-14/h1-9,16,18H,10-12H2,(H2,22,23,24)/t16-/m0/s1. The zero-order chi connectivity index (χ0) is 17.7. The van der Waals surface area contributed by atoms with Crippen LogP contribution in [0.3, 0.4) is 0 Å². The van der Waals surface area contributed by atoms with Crippen LogP contribution >= 0.6 is 7.60 Å². The molecule has 0 aliphatic carbocycles. The second-order valence-electron chi connectivity index (χ2n) is 5.83. The Morgan fingerprint density at radius 3 is 2.32 bits per heavy atom. The highest BCUT2D eigenvalue weighted by molar-refractivity contribution is 7.51. The number of nitrogens with zero attached hydrogens (tertiary/aromatic N) is 3. The highest BCUT2D eigenvalue weighted by atomic mass is 31.2. The maximum Gasteiger partial charge on any atom is 0.339 e. The van der Waals surface area contributed by atoms with Crippen LogP contribution in [0.2, 0.25) is 0 Å². The maximum absolute atomic E-state index is 11.1. The summed E-state index contributed by atoms with van der Waals surface area (Å²) in [6, 6.07) is 17.9. The van der Waals surface area contributed by atoms with E-state index < -0.39 is 13.9 Å². The van der Waals surface area contributed by atoms with E-state index in [2.05, 4.69) is 32.9 Å². The first-order chi connectivity index (χ1) is 12.0. The minimum Gasteiger partial charge on any atom is -0.324 e. The lowest BCUT2D eigenvalue weighted by Crippen LogP contribution is -2.39. The molecule has 1 aliphatic rings. The first-order valence-corrected chi connectivity index (χ1v) is 9.66. The summed E-state index contributed by atoms with van der Waals surface area (Å²) in [4.78, 5) is 18.2. The molecule has 1 aliphatic heterocycles. The molecule has 0 unspecified atom stereocenters. The smallest absolute Gasteiger partial charge is 0.324 e. The molecule has 2 aromatic carbocycles. The number of hydrogen-bond donors (Lipinski definition) is 3. The number of hydrogen-bond acceptors (Lipinski definition) is 5. The molecule has 0 radical (unpaired) electrons. The van der Waals surface area contributed by atoms with Gasteiger partial charge in [-0.15, -0.1) is 5.10 Å². The number of nitrogens with one attached hydrogen (secondary N) is 1. The van der Waals surface area contributed by atoms with Crippen LogP contribution in [0.25, 0.3) is 11.1 Å². The molecular formula is C17H19N4O3P. The zero-order valence-electron chi connectivity index (χ0n) is 13.5. The van der Waals surface area contributed by atoms with Crippen LogP contribution in [0.15, 0.2) is 70.0 Å². The highest BCUT2D eigenvalue weighted by Crippen LogP contribution is 2.32. The fourth-order valence-electron chi connectivity index (χ4n) is 2.64. The zero-order valence-corrected chi connectivity index (χ0v) is 14.4. The van der Waals surface area contributed by atoms with Gasteiger partial charge in [-0.3, -0.25) is 9.88 Å². The summed E-state index contributed by atoms with van der Waals surface area (Å²) < 4.78 is 11.1. The molecule has 130 valence electrons. The van der Waals surface area contributed by atoms with Gasteiger partial charge in [0.1, 0.15) is 6.54 Å². The van der Waals surface area contributed by atoms with Crippen LogP contribution in [-0.2, 0) is 11.0 Å². The molecule has 0 saturated heterocycles. The van der Waals surface area contributed by atoms with Gasteiger partial charge in [-0.05, 0) is 28.3 Å². The summed E-state index contributed by atoms with van der Waals surface area (Å²) in [6.07, 6.45) is 0.151. The summed E-state index contributed by atoms with van der Waals surface area (Å²) in [5.41, 5.74) is 3.98. The lowest BCUT2D eigenvalue weighted by atomic mass is 9.99. The van der Waals surface area contributed by atoms with Crippen LogP contribution in [0.5, 0.6) is 0 Å². The normalized spacial score (nSPS) is 15.2. The van der Waals surface area contributed by atoms with Gasteiger partial charge in [0.25, 0.3) is 0 Å². The Hall–Kier alpha value is -2.18. The van der Waals surface area contributed by atoms with Crippen molar-refractivity contribution in [2.75, 3.05) is 12.8 Å². The van der Waals surface area contributed by atoms with E-state index in [4.69, 9.17) is 9.79 Å². The number of rotatable bonds is 7. The third-order valence-corrected chi connectivity index (χ3v) is 4.51. The quantitative estimate of drug-likeness (QED) is 0.662. The first kappa shape index (κ1) is 17.6. The van der Waals surface area contributed by atoms with Crippen molar-refractivity contribution in [2.45, 2.75) is 12.5 Å². The second kappa shape index (κ2) is 7.80. The SMILES string of the molecule is O=P(O)(O)CN[C@@H](Cc1ccc(-c2ccccc2)cc1)C1=NN=NC1. The highest BCUT2D eigenvalue weighted by Gasteiger charge is 2.22. The predicted molar refractivity (Wildman–Crippen MR) is 96.6 cm³/mol. The summed E-state index contributed by atoms with van der Waals surface area (Å²) >= 11 is 0. The van der Waals surface area contributed by atoms with Crippen molar-refractivity contribution in [3.63, 3.8) is 0 Å². The maximum atomic E-state index is 11.1. The van der Waals surface area contributed by atoms with E-state index >= 15 is 0 Å². The second-order valence-corrected chi connectivity index (χ2v) is 7.47. The molecule has 3 rings (SSSR count). The molecule has 1 atom stereocenters. The third-order valence-electron chi connectivity index (χ3n) is 3.92. The van der Waals surface area contributed by atoms with Crippen molar-refractivity contribution >= 4 is 13.3 Å².